The molecule has 1 N–H and O–H groups in total. The number of urea groups is 1. The van der Waals surface area contributed by atoms with E-state index in [2.05, 4.69) is 35.6 Å². The molecule has 4 rings (SSSR count). The maximum atomic E-state index is 12.4. The Morgan fingerprint density at radius 1 is 0.870 bits per heavy atom. The third-order valence-corrected chi connectivity index (χ3v) is 5.33. The number of likely N-dealkylation sites (tertiary alicyclic amines) is 1. The Hall–Kier alpha value is -2.29. The average Bonchev–Trinajstić information content (AvgIpc) is 3.15. The summed E-state index contributed by atoms with van der Waals surface area (Å²) in [7, 11) is 0. The standard InChI is InChI=1S/C20H22N2O/c23-20(21-19-9-5-2-6-10-19)22-13-17-11-16(12-18(17)14-22)15-7-3-1-4-8-15/h1-10,16-18H,11-14H2,(H,21,23)/t16?,17-,18+. The summed E-state index contributed by atoms with van der Waals surface area (Å²) in [6.45, 7) is 1.79. The number of fused-ring (bicyclic) bond motifs is 1. The molecule has 2 amide bonds. The highest BCUT2D eigenvalue weighted by Crippen LogP contribution is 2.46. The zero-order valence-electron chi connectivity index (χ0n) is 13.2. The van der Waals surface area contributed by atoms with E-state index < -0.39 is 0 Å². The minimum Gasteiger partial charge on any atom is -0.324 e. The van der Waals surface area contributed by atoms with Crippen molar-refractivity contribution >= 4 is 11.7 Å². The van der Waals surface area contributed by atoms with Crippen molar-refractivity contribution in [2.24, 2.45) is 11.8 Å². The average molecular weight is 306 g/mol. The van der Waals surface area contributed by atoms with E-state index in [1.807, 2.05) is 35.2 Å². The summed E-state index contributed by atoms with van der Waals surface area (Å²) in [5, 5.41) is 3.00. The van der Waals surface area contributed by atoms with Gasteiger partial charge < -0.3 is 10.2 Å². The zero-order chi connectivity index (χ0) is 15.6. The van der Waals surface area contributed by atoms with Gasteiger partial charge in [-0.15, -0.1) is 0 Å². The van der Waals surface area contributed by atoms with E-state index in [-0.39, 0.29) is 6.03 Å². The van der Waals surface area contributed by atoms with E-state index in [9.17, 15) is 4.79 Å². The number of nitrogens with zero attached hydrogens (tertiary/aromatic N) is 1. The van der Waals surface area contributed by atoms with Crippen LogP contribution in [0.15, 0.2) is 60.7 Å². The molecule has 1 saturated carbocycles. The van der Waals surface area contributed by atoms with Gasteiger partial charge in [-0.1, -0.05) is 48.5 Å². The summed E-state index contributed by atoms with van der Waals surface area (Å²) < 4.78 is 0. The molecule has 1 heterocycles. The summed E-state index contributed by atoms with van der Waals surface area (Å²) in [6, 6.07) is 20.6. The Bertz CT molecular complexity index is 657. The first-order chi connectivity index (χ1) is 11.3. The predicted molar refractivity (Wildman–Crippen MR) is 92.4 cm³/mol. The monoisotopic (exact) mass is 306 g/mol. The second kappa shape index (κ2) is 6.07. The summed E-state index contributed by atoms with van der Waals surface area (Å²) in [5.41, 5.74) is 2.33. The van der Waals surface area contributed by atoms with Gasteiger partial charge in [0.25, 0.3) is 0 Å². The Kier molecular flexibility index (Phi) is 3.78. The van der Waals surface area contributed by atoms with E-state index in [1.54, 1.807) is 0 Å². The van der Waals surface area contributed by atoms with Crippen LogP contribution in [0.1, 0.15) is 24.3 Å². The Balaban J connectivity index is 1.36. The smallest absolute Gasteiger partial charge is 0.321 e. The van der Waals surface area contributed by atoms with E-state index in [0.29, 0.717) is 17.8 Å². The molecule has 2 fully saturated rings. The summed E-state index contributed by atoms with van der Waals surface area (Å²) in [5.74, 6) is 1.98. The van der Waals surface area contributed by atoms with Gasteiger partial charge in [0.2, 0.25) is 0 Å². The third kappa shape index (κ3) is 2.96. The van der Waals surface area contributed by atoms with Crippen molar-refractivity contribution in [2.45, 2.75) is 18.8 Å². The quantitative estimate of drug-likeness (QED) is 0.879. The minimum absolute atomic E-state index is 0.0434. The molecule has 1 aliphatic heterocycles. The molecular formula is C20H22N2O. The van der Waals surface area contributed by atoms with Crippen LogP contribution in [0, 0.1) is 11.8 Å². The van der Waals surface area contributed by atoms with Crippen LogP contribution in [-0.4, -0.2) is 24.0 Å². The largest absolute Gasteiger partial charge is 0.324 e. The molecule has 118 valence electrons. The number of nitrogens with one attached hydrogen (secondary N) is 1. The van der Waals surface area contributed by atoms with Crippen LogP contribution in [0.3, 0.4) is 0 Å². The van der Waals surface area contributed by atoms with Crippen molar-refractivity contribution in [1.29, 1.82) is 0 Å². The number of hydrogen-bond donors (Lipinski definition) is 1. The van der Waals surface area contributed by atoms with Gasteiger partial charge in [0, 0.05) is 18.8 Å². The predicted octanol–water partition coefficient (Wildman–Crippen LogP) is 4.34. The van der Waals surface area contributed by atoms with Gasteiger partial charge in [-0.25, -0.2) is 4.79 Å². The molecular weight excluding hydrogens is 284 g/mol. The SMILES string of the molecule is O=C(Nc1ccccc1)N1C[C@H]2CC(c3ccccc3)C[C@H]2C1. The Morgan fingerprint density at radius 3 is 2.04 bits per heavy atom. The Labute approximate surface area is 137 Å². The fourth-order valence-electron chi connectivity index (χ4n) is 4.19. The van der Waals surface area contributed by atoms with Crippen molar-refractivity contribution in [1.82, 2.24) is 4.90 Å². The van der Waals surface area contributed by atoms with Gasteiger partial charge in [-0.3, -0.25) is 0 Å². The second-order valence-corrected chi connectivity index (χ2v) is 6.80. The summed E-state index contributed by atoms with van der Waals surface area (Å²) in [6.07, 6.45) is 2.42. The molecule has 3 heteroatoms. The van der Waals surface area contributed by atoms with Crippen LogP contribution >= 0.6 is 0 Å². The molecule has 0 aromatic heterocycles. The molecule has 3 nitrogen and oxygen atoms in total. The number of anilines is 1. The van der Waals surface area contributed by atoms with Crippen molar-refractivity contribution in [2.75, 3.05) is 18.4 Å². The summed E-state index contributed by atoms with van der Waals surface area (Å²) >= 11 is 0. The van der Waals surface area contributed by atoms with Gasteiger partial charge >= 0.3 is 6.03 Å². The molecule has 1 aliphatic carbocycles. The number of amides is 2. The van der Waals surface area contributed by atoms with Crippen LogP contribution in [0.4, 0.5) is 10.5 Å². The van der Waals surface area contributed by atoms with Crippen LogP contribution in [0.5, 0.6) is 0 Å². The first-order valence-electron chi connectivity index (χ1n) is 8.45. The normalized spacial score (nSPS) is 26.1. The van der Waals surface area contributed by atoms with Gasteiger partial charge in [0.05, 0.1) is 0 Å². The number of carbonyl (C=O) groups is 1. The zero-order valence-corrected chi connectivity index (χ0v) is 13.2. The van der Waals surface area contributed by atoms with Crippen molar-refractivity contribution < 1.29 is 4.79 Å². The molecule has 23 heavy (non-hydrogen) atoms. The lowest BCUT2D eigenvalue weighted by Gasteiger charge is -2.20. The van der Waals surface area contributed by atoms with Crippen molar-refractivity contribution in [3.05, 3.63) is 66.2 Å². The van der Waals surface area contributed by atoms with Crippen LogP contribution in [0.2, 0.25) is 0 Å². The lowest BCUT2D eigenvalue weighted by atomic mass is 9.96. The minimum atomic E-state index is 0.0434. The molecule has 0 spiro atoms. The molecule has 2 aromatic rings. The molecule has 3 atom stereocenters. The van der Waals surface area contributed by atoms with Crippen LogP contribution < -0.4 is 5.32 Å². The highest BCUT2D eigenvalue weighted by molar-refractivity contribution is 5.89. The van der Waals surface area contributed by atoms with Gasteiger partial charge in [-0.05, 0) is 48.3 Å². The number of rotatable bonds is 2. The van der Waals surface area contributed by atoms with E-state index in [0.717, 1.165) is 18.8 Å². The van der Waals surface area contributed by atoms with E-state index in [4.69, 9.17) is 0 Å². The van der Waals surface area contributed by atoms with Crippen molar-refractivity contribution in [3.8, 4) is 0 Å². The third-order valence-electron chi connectivity index (χ3n) is 5.33. The maximum absolute atomic E-state index is 12.4. The number of para-hydroxylation sites is 1. The lowest BCUT2D eigenvalue weighted by molar-refractivity contribution is 0.218. The van der Waals surface area contributed by atoms with Crippen molar-refractivity contribution in [3.63, 3.8) is 0 Å². The highest BCUT2D eigenvalue weighted by atomic mass is 16.2. The number of benzene rings is 2. The topological polar surface area (TPSA) is 32.3 Å². The molecule has 1 unspecified atom stereocenters. The molecule has 0 radical (unpaired) electrons. The first kappa shape index (κ1) is 14.3. The van der Waals surface area contributed by atoms with Crippen LogP contribution in [-0.2, 0) is 0 Å². The molecule has 2 aliphatic rings. The Morgan fingerprint density at radius 2 is 1.43 bits per heavy atom. The van der Waals surface area contributed by atoms with Gasteiger partial charge in [-0.2, -0.15) is 0 Å². The summed E-state index contributed by atoms with van der Waals surface area (Å²) in [4.78, 5) is 14.4. The maximum Gasteiger partial charge on any atom is 0.321 e. The van der Waals surface area contributed by atoms with Crippen LogP contribution in [0.25, 0.3) is 0 Å². The van der Waals surface area contributed by atoms with E-state index >= 15 is 0 Å². The van der Waals surface area contributed by atoms with Gasteiger partial charge in [0.15, 0.2) is 0 Å². The molecule has 1 saturated heterocycles. The first-order valence-corrected chi connectivity index (χ1v) is 8.45. The molecule has 2 aromatic carbocycles. The van der Waals surface area contributed by atoms with Gasteiger partial charge in [0.1, 0.15) is 0 Å². The molecule has 0 bridgehead atoms. The number of carbonyl (C=O) groups excluding carboxylic acids is 1. The lowest BCUT2D eigenvalue weighted by Crippen LogP contribution is -2.33. The fraction of sp³-hybridized carbons (Fsp3) is 0.350. The second-order valence-electron chi connectivity index (χ2n) is 6.80. The highest BCUT2D eigenvalue weighted by Gasteiger charge is 2.42. The number of hydrogen-bond acceptors (Lipinski definition) is 1. The van der Waals surface area contributed by atoms with E-state index in [1.165, 1.54) is 18.4 Å². The fourth-order valence-corrected chi connectivity index (χ4v) is 4.19.